The van der Waals surface area contributed by atoms with Crippen LogP contribution in [0.5, 0.6) is 0 Å². The number of fused-ring (bicyclic) bond motifs is 1. The summed E-state index contributed by atoms with van der Waals surface area (Å²) in [7, 11) is 0. The Morgan fingerprint density at radius 3 is 2.45 bits per heavy atom. The van der Waals surface area contributed by atoms with E-state index in [2.05, 4.69) is 4.98 Å². The van der Waals surface area contributed by atoms with Gasteiger partial charge in [0.15, 0.2) is 0 Å². The van der Waals surface area contributed by atoms with E-state index < -0.39 is 23.8 Å². The number of carboxylic acid groups (broad SMARTS) is 1. The molecule has 1 saturated heterocycles. The van der Waals surface area contributed by atoms with E-state index in [4.69, 9.17) is 5.11 Å². The molecule has 0 spiro atoms. The Balaban J connectivity index is 1.78. The minimum absolute atomic E-state index is 0.0491. The summed E-state index contributed by atoms with van der Waals surface area (Å²) in [5.74, 6) is -1.64. The SMILES string of the molecule is Cc1nc2ccccc2c(=O)n1C1CCC(=O)N(c2ccc(C(=O)O)cc2)C1=O. The van der Waals surface area contributed by atoms with Crippen LogP contribution in [0.3, 0.4) is 0 Å². The maximum absolute atomic E-state index is 13.2. The third kappa shape index (κ3) is 3.08. The number of piperidine rings is 1. The third-order valence-electron chi connectivity index (χ3n) is 5.05. The smallest absolute Gasteiger partial charge is 0.335 e. The second kappa shape index (κ2) is 6.97. The highest BCUT2D eigenvalue weighted by Gasteiger charge is 2.37. The number of nitrogens with zero attached hydrogens (tertiary/aromatic N) is 3. The number of anilines is 1. The summed E-state index contributed by atoms with van der Waals surface area (Å²) < 4.78 is 1.34. The standard InChI is InChI=1S/C21H17N3O5/c1-12-22-16-5-3-2-4-15(16)19(26)23(12)17-10-11-18(25)24(20(17)27)14-8-6-13(7-9-14)21(28)29/h2-9,17H,10-11H2,1H3,(H,28,29). The lowest BCUT2D eigenvalue weighted by Gasteiger charge is -2.32. The van der Waals surface area contributed by atoms with E-state index >= 15 is 0 Å². The van der Waals surface area contributed by atoms with Crippen LogP contribution in [-0.4, -0.2) is 32.4 Å². The molecular weight excluding hydrogens is 374 g/mol. The number of carboxylic acids is 1. The van der Waals surface area contributed by atoms with E-state index in [1.54, 1.807) is 31.2 Å². The highest BCUT2D eigenvalue weighted by atomic mass is 16.4. The molecule has 3 aromatic rings. The first kappa shape index (κ1) is 18.5. The number of aromatic nitrogens is 2. The van der Waals surface area contributed by atoms with Gasteiger partial charge in [-0.15, -0.1) is 0 Å². The minimum Gasteiger partial charge on any atom is -0.478 e. The van der Waals surface area contributed by atoms with Crippen molar-refractivity contribution in [1.29, 1.82) is 0 Å². The molecule has 1 aliphatic heterocycles. The zero-order valence-electron chi connectivity index (χ0n) is 15.5. The molecule has 2 aromatic carbocycles. The van der Waals surface area contributed by atoms with Crippen molar-refractivity contribution in [3.8, 4) is 0 Å². The van der Waals surface area contributed by atoms with E-state index in [1.807, 2.05) is 0 Å². The third-order valence-corrected chi connectivity index (χ3v) is 5.05. The number of para-hydroxylation sites is 1. The summed E-state index contributed by atoms with van der Waals surface area (Å²) >= 11 is 0. The van der Waals surface area contributed by atoms with Crippen LogP contribution in [0, 0.1) is 6.92 Å². The molecule has 1 N–H and O–H groups in total. The molecule has 0 bridgehead atoms. The summed E-state index contributed by atoms with van der Waals surface area (Å²) in [4.78, 5) is 55.2. The largest absolute Gasteiger partial charge is 0.478 e. The number of imide groups is 1. The Bertz CT molecular complexity index is 1210. The summed E-state index contributed by atoms with van der Waals surface area (Å²) in [6.45, 7) is 1.66. The Labute approximate surface area is 165 Å². The molecule has 8 heteroatoms. The Morgan fingerprint density at radius 1 is 1.07 bits per heavy atom. The van der Waals surface area contributed by atoms with Gasteiger partial charge in [-0.05, 0) is 49.7 Å². The number of carbonyl (C=O) groups excluding carboxylic acids is 2. The second-order valence-electron chi connectivity index (χ2n) is 6.83. The van der Waals surface area contributed by atoms with Crippen molar-refractivity contribution in [3.63, 3.8) is 0 Å². The first-order valence-corrected chi connectivity index (χ1v) is 9.06. The molecule has 146 valence electrons. The zero-order chi connectivity index (χ0) is 20.7. The van der Waals surface area contributed by atoms with Crippen LogP contribution in [0.4, 0.5) is 5.69 Å². The van der Waals surface area contributed by atoms with Gasteiger partial charge in [-0.2, -0.15) is 0 Å². The average Bonchev–Trinajstić information content (AvgIpc) is 2.70. The number of aromatic carboxylic acids is 1. The van der Waals surface area contributed by atoms with Crippen LogP contribution < -0.4 is 10.5 Å². The van der Waals surface area contributed by atoms with Gasteiger partial charge in [0.2, 0.25) is 5.91 Å². The number of aryl methyl sites for hydroxylation is 1. The fraction of sp³-hybridized carbons (Fsp3) is 0.190. The summed E-state index contributed by atoms with van der Waals surface area (Å²) in [6.07, 6.45) is 0.276. The van der Waals surface area contributed by atoms with Gasteiger partial charge in [-0.1, -0.05) is 12.1 Å². The number of hydrogen-bond donors (Lipinski definition) is 1. The highest BCUT2D eigenvalue weighted by Crippen LogP contribution is 2.29. The molecule has 2 heterocycles. The number of hydrogen-bond acceptors (Lipinski definition) is 5. The first-order chi connectivity index (χ1) is 13.9. The molecule has 1 atom stereocenters. The molecule has 0 aliphatic carbocycles. The quantitative estimate of drug-likeness (QED) is 0.686. The van der Waals surface area contributed by atoms with Crippen LogP contribution >= 0.6 is 0 Å². The average molecular weight is 391 g/mol. The lowest BCUT2D eigenvalue weighted by atomic mass is 10.0. The monoisotopic (exact) mass is 391 g/mol. The van der Waals surface area contributed by atoms with Gasteiger partial charge in [0.25, 0.3) is 11.5 Å². The van der Waals surface area contributed by atoms with Gasteiger partial charge in [-0.3, -0.25) is 19.0 Å². The minimum atomic E-state index is -1.10. The van der Waals surface area contributed by atoms with E-state index in [1.165, 1.54) is 28.8 Å². The molecule has 1 fully saturated rings. The molecule has 1 aliphatic rings. The molecule has 4 rings (SSSR count). The molecular formula is C21H17N3O5. The van der Waals surface area contributed by atoms with Crippen molar-refractivity contribution in [1.82, 2.24) is 9.55 Å². The molecule has 2 amide bonds. The predicted octanol–water partition coefficient (Wildman–Crippen LogP) is 2.30. The van der Waals surface area contributed by atoms with Crippen molar-refractivity contribution in [2.24, 2.45) is 0 Å². The van der Waals surface area contributed by atoms with Crippen molar-refractivity contribution < 1.29 is 19.5 Å². The fourth-order valence-electron chi connectivity index (χ4n) is 3.66. The molecule has 1 unspecified atom stereocenters. The number of amides is 2. The van der Waals surface area contributed by atoms with Crippen molar-refractivity contribution in [3.05, 3.63) is 70.3 Å². The maximum Gasteiger partial charge on any atom is 0.335 e. The summed E-state index contributed by atoms with van der Waals surface area (Å²) in [5, 5.41) is 9.44. The van der Waals surface area contributed by atoms with Gasteiger partial charge in [-0.25, -0.2) is 14.7 Å². The summed E-state index contributed by atoms with van der Waals surface area (Å²) in [6, 6.07) is 11.5. The normalized spacial score (nSPS) is 17.0. The van der Waals surface area contributed by atoms with Gasteiger partial charge < -0.3 is 5.11 Å². The maximum atomic E-state index is 13.2. The van der Waals surface area contributed by atoms with Crippen LogP contribution in [0.2, 0.25) is 0 Å². The second-order valence-corrected chi connectivity index (χ2v) is 6.83. The van der Waals surface area contributed by atoms with Gasteiger partial charge in [0, 0.05) is 6.42 Å². The van der Waals surface area contributed by atoms with Crippen LogP contribution in [0.25, 0.3) is 10.9 Å². The molecule has 1 aromatic heterocycles. The van der Waals surface area contributed by atoms with Crippen LogP contribution in [0.15, 0.2) is 53.3 Å². The number of benzene rings is 2. The summed E-state index contributed by atoms with van der Waals surface area (Å²) in [5.41, 5.74) is 0.538. The first-order valence-electron chi connectivity index (χ1n) is 9.06. The van der Waals surface area contributed by atoms with Gasteiger partial charge in [0.1, 0.15) is 11.9 Å². The lowest BCUT2D eigenvalue weighted by molar-refractivity contribution is -0.131. The van der Waals surface area contributed by atoms with Crippen molar-refractivity contribution in [2.75, 3.05) is 4.90 Å². The molecule has 0 saturated carbocycles. The predicted molar refractivity (Wildman–Crippen MR) is 105 cm³/mol. The molecule has 0 radical (unpaired) electrons. The zero-order valence-corrected chi connectivity index (χ0v) is 15.5. The van der Waals surface area contributed by atoms with Gasteiger partial charge in [0.05, 0.1) is 22.2 Å². The van der Waals surface area contributed by atoms with E-state index in [9.17, 15) is 19.2 Å². The Kier molecular flexibility index (Phi) is 4.46. The van der Waals surface area contributed by atoms with Gasteiger partial charge >= 0.3 is 5.97 Å². The van der Waals surface area contributed by atoms with Crippen LogP contribution in [0.1, 0.15) is 35.1 Å². The number of carbonyl (C=O) groups is 3. The van der Waals surface area contributed by atoms with Crippen molar-refractivity contribution in [2.45, 2.75) is 25.8 Å². The highest BCUT2D eigenvalue weighted by molar-refractivity contribution is 6.17. The van der Waals surface area contributed by atoms with Crippen molar-refractivity contribution >= 4 is 34.4 Å². The molecule has 29 heavy (non-hydrogen) atoms. The Morgan fingerprint density at radius 2 is 1.76 bits per heavy atom. The van der Waals surface area contributed by atoms with E-state index in [0.29, 0.717) is 16.7 Å². The Hall–Kier alpha value is -3.81. The lowest BCUT2D eigenvalue weighted by Crippen LogP contribution is -2.48. The van der Waals surface area contributed by atoms with Crippen LogP contribution in [-0.2, 0) is 9.59 Å². The van der Waals surface area contributed by atoms with E-state index in [0.717, 1.165) is 4.90 Å². The molecule has 8 nitrogen and oxygen atoms in total. The van der Waals surface area contributed by atoms with E-state index in [-0.39, 0.29) is 29.7 Å². The number of rotatable bonds is 3. The fourth-order valence-corrected chi connectivity index (χ4v) is 3.66. The topological polar surface area (TPSA) is 110 Å².